The first-order chi connectivity index (χ1) is 11.0. The van der Waals surface area contributed by atoms with Crippen LogP contribution in [-0.4, -0.2) is 37.6 Å². The molecule has 0 aliphatic rings. The van der Waals surface area contributed by atoms with E-state index in [2.05, 4.69) is 4.98 Å². The highest BCUT2D eigenvalue weighted by molar-refractivity contribution is 5.92. The quantitative estimate of drug-likeness (QED) is 0.430. The molecule has 0 bridgehead atoms. The Morgan fingerprint density at radius 2 is 2.00 bits per heavy atom. The van der Waals surface area contributed by atoms with E-state index in [-0.39, 0.29) is 25.1 Å². The van der Waals surface area contributed by atoms with Crippen molar-refractivity contribution >= 4 is 28.8 Å². The van der Waals surface area contributed by atoms with Crippen molar-refractivity contribution in [3.05, 3.63) is 30.1 Å². The van der Waals surface area contributed by atoms with Gasteiger partial charge in [0, 0.05) is 6.42 Å². The van der Waals surface area contributed by atoms with E-state index in [1.54, 1.807) is 24.3 Å². The average Bonchev–Trinajstić information content (AvgIpc) is 2.90. The zero-order valence-electron chi connectivity index (χ0n) is 12.1. The molecule has 0 radical (unpaired) electrons. The lowest BCUT2D eigenvalue weighted by molar-refractivity contribution is -0.133. The van der Waals surface area contributed by atoms with Crippen molar-refractivity contribution in [2.24, 2.45) is 5.73 Å². The normalized spacial score (nSPS) is 12.0. The number of hydrogen-bond donors (Lipinski definition) is 4. The molecule has 2 rings (SSSR count). The fourth-order valence-electron chi connectivity index (χ4n) is 2.43. The van der Waals surface area contributed by atoms with Crippen molar-refractivity contribution in [2.75, 3.05) is 0 Å². The maximum absolute atomic E-state index is 12.0. The third-order valence-electron chi connectivity index (χ3n) is 3.41. The number of amides is 2. The van der Waals surface area contributed by atoms with E-state index in [1.165, 1.54) is 10.0 Å². The van der Waals surface area contributed by atoms with Gasteiger partial charge in [-0.25, -0.2) is 15.3 Å². The number of carboxylic acids is 1. The molecule has 0 spiro atoms. The molecule has 2 aromatic rings. The summed E-state index contributed by atoms with van der Waals surface area (Å²) in [5, 5.41) is 18.3. The summed E-state index contributed by atoms with van der Waals surface area (Å²) in [5.41, 5.74) is 7.45. The van der Waals surface area contributed by atoms with Gasteiger partial charge in [0.1, 0.15) is 6.04 Å². The SMILES string of the molecule is NC(=O)CCCC(C(=O)NO)n1c(C(=O)O)nc2ccccc21. The summed E-state index contributed by atoms with van der Waals surface area (Å²) >= 11 is 0. The zero-order valence-corrected chi connectivity index (χ0v) is 12.1. The number of nitrogens with two attached hydrogens (primary N) is 1. The first kappa shape index (κ1) is 16.4. The zero-order chi connectivity index (χ0) is 17.0. The minimum atomic E-state index is -1.30. The molecule has 1 aromatic carbocycles. The number of hydrogen-bond acceptors (Lipinski definition) is 5. The van der Waals surface area contributed by atoms with Gasteiger partial charge in [0.15, 0.2) is 0 Å². The van der Waals surface area contributed by atoms with Crippen molar-refractivity contribution in [3.63, 3.8) is 0 Å². The molecule has 0 saturated carbocycles. The molecular weight excluding hydrogens is 304 g/mol. The molecule has 1 aromatic heterocycles. The molecule has 9 heteroatoms. The third kappa shape index (κ3) is 3.46. The Labute approximate surface area is 130 Å². The van der Waals surface area contributed by atoms with E-state index in [0.29, 0.717) is 11.0 Å². The lowest BCUT2D eigenvalue weighted by atomic mass is 10.1. The fourth-order valence-corrected chi connectivity index (χ4v) is 2.43. The van der Waals surface area contributed by atoms with Crippen LogP contribution in [0.5, 0.6) is 0 Å². The predicted molar refractivity (Wildman–Crippen MR) is 78.7 cm³/mol. The number of nitrogens with zero attached hydrogens (tertiary/aromatic N) is 2. The topological polar surface area (TPSA) is 148 Å². The number of primary amides is 1. The number of carbonyl (C=O) groups excluding carboxylic acids is 2. The monoisotopic (exact) mass is 320 g/mol. The highest BCUT2D eigenvalue weighted by Gasteiger charge is 2.28. The van der Waals surface area contributed by atoms with E-state index in [9.17, 15) is 19.5 Å². The molecule has 9 nitrogen and oxygen atoms in total. The molecule has 0 fully saturated rings. The highest BCUT2D eigenvalue weighted by Crippen LogP contribution is 2.25. The van der Waals surface area contributed by atoms with Crippen LogP contribution < -0.4 is 11.2 Å². The minimum absolute atomic E-state index is 0.0459. The summed E-state index contributed by atoms with van der Waals surface area (Å²) in [7, 11) is 0. The first-order valence-electron chi connectivity index (χ1n) is 6.88. The first-order valence-corrected chi connectivity index (χ1v) is 6.88. The van der Waals surface area contributed by atoms with Gasteiger partial charge in [-0.15, -0.1) is 0 Å². The summed E-state index contributed by atoms with van der Waals surface area (Å²) in [6.45, 7) is 0. The Morgan fingerprint density at radius 3 is 2.61 bits per heavy atom. The van der Waals surface area contributed by atoms with Gasteiger partial charge >= 0.3 is 5.97 Å². The number of fused-ring (bicyclic) bond motifs is 1. The Bertz CT molecular complexity index is 755. The van der Waals surface area contributed by atoms with E-state index < -0.39 is 23.8 Å². The Kier molecular flexibility index (Phi) is 4.91. The number of aromatic nitrogens is 2. The third-order valence-corrected chi connectivity index (χ3v) is 3.41. The number of carboxylic acid groups (broad SMARTS) is 1. The number of imidazole rings is 1. The van der Waals surface area contributed by atoms with Gasteiger partial charge in [-0.3, -0.25) is 14.8 Å². The summed E-state index contributed by atoms with van der Waals surface area (Å²) in [4.78, 5) is 38.3. The van der Waals surface area contributed by atoms with Crippen molar-refractivity contribution in [1.29, 1.82) is 0 Å². The van der Waals surface area contributed by atoms with Crippen molar-refractivity contribution in [1.82, 2.24) is 15.0 Å². The summed E-state index contributed by atoms with van der Waals surface area (Å²) < 4.78 is 1.24. The van der Waals surface area contributed by atoms with Crippen LogP contribution in [0, 0.1) is 0 Å². The number of benzene rings is 1. The number of para-hydroxylation sites is 2. The molecule has 0 aliphatic carbocycles. The van der Waals surface area contributed by atoms with E-state index in [1.807, 2.05) is 0 Å². The maximum Gasteiger partial charge on any atom is 0.372 e. The molecule has 1 unspecified atom stereocenters. The van der Waals surface area contributed by atoms with Gasteiger partial charge < -0.3 is 15.4 Å². The smallest absolute Gasteiger partial charge is 0.372 e. The van der Waals surface area contributed by atoms with Gasteiger partial charge in [0.2, 0.25) is 11.7 Å². The number of aromatic carboxylic acids is 1. The molecule has 0 saturated heterocycles. The van der Waals surface area contributed by atoms with E-state index >= 15 is 0 Å². The number of nitrogens with one attached hydrogen (secondary N) is 1. The summed E-state index contributed by atoms with van der Waals surface area (Å²) in [6.07, 6.45) is 0.430. The van der Waals surface area contributed by atoms with Crippen LogP contribution >= 0.6 is 0 Å². The molecule has 0 aliphatic heterocycles. The molecule has 5 N–H and O–H groups in total. The second kappa shape index (κ2) is 6.88. The number of carbonyl (C=O) groups is 3. The van der Waals surface area contributed by atoms with Crippen LogP contribution in [0.1, 0.15) is 35.9 Å². The predicted octanol–water partition coefficient (Wildman–Crippen LogP) is 0.437. The maximum atomic E-state index is 12.0. The van der Waals surface area contributed by atoms with Crippen molar-refractivity contribution in [3.8, 4) is 0 Å². The van der Waals surface area contributed by atoms with Gasteiger partial charge in [-0.1, -0.05) is 12.1 Å². The number of hydroxylamine groups is 1. The van der Waals surface area contributed by atoms with Crippen LogP contribution in [0.2, 0.25) is 0 Å². The highest BCUT2D eigenvalue weighted by atomic mass is 16.5. The fraction of sp³-hybridized carbons (Fsp3) is 0.286. The molecular formula is C14H16N4O5. The largest absolute Gasteiger partial charge is 0.475 e. The minimum Gasteiger partial charge on any atom is -0.475 e. The summed E-state index contributed by atoms with van der Waals surface area (Å²) in [5.74, 6) is -2.94. The van der Waals surface area contributed by atoms with E-state index in [4.69, 9.17) is 10.9 Å². The molecule has 23 heavy (non-hydrogen) atoms. The van der Waals surface area contributed by atoms with E-state index in [0.717, 1.165) is 0 Å². The lowest BCUT2D eigenvalue weighted by Crippen LogP contribution is -2.32. The van der Waals surface area contributed by atoms with Gasteiger partial charge in [-0.2, -0.15) is 0 Å². The number of rotatable bonds is 7. The molecule has 1 atom stereocenters. The van der Waals surface area contributed by atoms with Crippen molar-refractivity contribution < 1.29 is 24.7 Å². The molecule has 2 amide bonds. The van der Waals surface area contributed by atoms with Gasteiger partial charge in [-0.05, 0) is 25.0 Å². The van der Waals surface area contributed by atoms with Crippen molar-refractivity contribution in [2.45, 2.75) is 25.3 Å². The van der Waals surface area contributed by atoms with Gasteiger partial charge in [0.25, 0.3) is 5.91 Å². The van der Waals surface area contributed by atoms with Crippen LogP contribution in [0.25, 0.3) is 11.0 Å². The van der Waals surface area contributed by atoms with Crippen LogP contribution in [0.15, 0.2) is 24.3 Å². The van der Waals surface area contributed by atoms with Crippen LogP contribution in [0.3, 0.4) is 0 Å². The van der Waals surface area contributed by atoms with Gasteiger partial charge in [0.05, 0.1) is 11.0 Å². The standard InChI is InChI=1S/C14H16N4O5/c15-11(19)7-3-6-10(13(20)17-23)18-9-5-2-1-4-8(9)16-12(18)14(21)22/h1-2,4-5,10,23H,3,6-7H2,(H2,15,19)(H,17,20)(H,21,22). The summed E-state index contributed by atoms with van der Waals surface area (Å²) in [6, 6.07) is 5.59. The second-order valence-corrected chi connectivity index (χ2v) is 4.95. The average molecular weight is 320 g/mol. The van der Waals surface area contributed by atoms with Crippen LogP contribution in [-0.2, 0) is 9.59 Å². The molecule has 1 heterocycles. The molecule has 122 valence electrons. The van der Waals surface area contributed by atoms with Crippen LogP contribution in [0.4, 0.5) is 0 Å². The lowest BCUT2D eigenvalue weighted by Gasteiger charge is -2.18. The Hall–Kier alpha value is -2.94. The Morgan fingerprint density at radius 1 is 1.30 bits per heavy atom. The Balaban J connectivity index is 2.50. The second-order valence-electron chi connectivity index (χ2n) is 4.95.